The number of nitrogens with zero attached hydrogens (tertiary/aromatic N) is 2. The summed E-state index contributed by atoms with van der Waals surface area (Å²) in [7, 11) is -1.46. The van der Waals surface area contributed by atoms with Crippen molar-refractivity contribution < 1.29 is 13.2 Å². The molecule has 0 aromatic heterocycles. The minimum Gasteiger partial charge on any atom is -0.379 e. The van der Waals surface area contributed by atoms with E-state index in [1.165, 1.54) is 11.1 Å². The number of nitrogens with one attached hydrogen (secondary N) is 3. The van der Waals surface area contributed by atoms with E-state index in [-0.39, 0.29) is 5.75 Å². The molecule has 152 valence electrons. The minimum atomic E-state index is -3.16. The summed E-state index contributed by atoms with van der Waals surface area (Å²) in [4.78, 5) is 6.59. The Balaban J connectivity index is 1.81. The fourth-order valence-corrected chi connectivity index (χ4v) is 3.39. The highest BCUT2D eigenvalue weighted by Gasteiger charge is 2.13. The third-order valence-corrected chi connectivity index (χ3v) is 5.81. The average Bonchev–Trinajstić information content (AvgIpc) is 2.69. The number of hydrogen-bond acceptors (Lipinski definition) is 5. The highest BCUT2D eigenvalue weighted by molar-refractivity contribution is 7.89. The molecule has 0 bridgehead atoms. The third kappa shape index (κ3) is 7.84. The van der Waals surface area contributed by atoms with E-state index in [0.29, 0.717) is 25.6 Å². The van der Waals surface area contributed by atoms with Crippen LogP contribution in [-0.2, 0) is 27.8 Å². The van der Waals surface area contributed by atoms with Crippen LogP contribution in [0.15, 0.2) is 29.3 Å². The van der Waals surface area contributed by atoms with Gasteiger partial charge in [-0.15, -0.1) is 0 Å². The molecule has 0 saturated carbocycles. The maximum Gasteiger partial charge on any atom is 0.211 e. The highest BCUT2D eigenvalue weighted by atomic mass is 32.2. The van der Waals surface area contributed by atoms with Crippen LogP contribution in [0.2, 0.25) is 0 Å². The third-order valence-electron chi connectivity index (χ3n) is 4.41. The van der Waals surface area contributed by atoms with Crippen molar-refractivity contribution in [3.05, 3.63) is 35.4 Å². The Morgan fingerprint density at radius 2 is 1.85 bits per heavy atom. The number of aliphatic imine (C=N–C) groups is 1. The Kier molecular flexibility index (Phi) is 8.99. The Hall–Kier alpha value is -1.68. The number of sulfonamides is 1. The van der Waals surface area contributed by atoms with Gasteiger partial charge in [0.2, 0.25) is 10.0 Å². The zero-order valence-electron chi connectivity index (χ0n) is 16.2. The van der Waals surface area contributed by atoms with Crippen molar-refractivity contribution >= 4 is 16.0 Å². The van der Waals surface area contributed by atoms with Gasteiger partial charge in [0.1, 0.15) is 0 Å². The van der Waals surface area contributed by atoms with Gasteiger partial charge >= 0.3 is 0 Å². The first-order chi connectivity index (χ1) is 13.0. The molecule has 0 aliphatic carbocycles. The molecular weight excluding hydrogens is 366 g/mol. The number of rotatable bonds is 9. The maximum atomic E-state index is 11.4. The fraction of sp³-hybridized carbons (Fsp3) is 0.611. The van der Waals surface area contributed by atoms with Crippen molar-refractivity contribution in [2.75, 3.05) is 52.2 Å². The molecule has 1 aliphatic rings. The van der Waals surface area contributed by atoms with Gasteiger partial charge in [-0.25, -0.2) is 13.1 Å². The lowest BCUT2D eigenvalue weighted by molar-refractivity contribution is 0.0341. The number of hydrogen-bond donors (Lipinski definition) is 3. The predicted octanol–water partition coefficient (Wildman–Crippen LogP) is 0.123. The first-order valence-electron chi connectivity index (χ1n) is 9.33. The van der Waals surface area contributed by atoms with E-state index >= 15 is 0 Å². The summed E-state index contributed by atoms with van der Waals surface area (Å²) >= 11 is 0. The Morgan fingerprint density at radius 3 is 2.52 bits per heavy atom. The summed E-state index contributed by atoms with van der Waals surface area (Å²) in [5.74, 6) is 0.728. The van der Waals surface area contributed by atoms with Gasteiger partial charge in [-0.05, 0) is 18.1 Å². The topological polar surface area (TPSA) is 95.1 Å². The van der Waals surface area contributed by atoms with Crippen molar-refractivity contribution in [2.24, 2.45) is 4.99 Å². The normalized spacial score (nSPS) is 16.3. The molecule has 0 spiro atoms. The van der Waals surface area contributed by atoms with Crippen LogP contribution < -0.4 is 15.4 Å². The molecule has 1 heterocycles. The lowest BCUT2D eigenvalue weighted by atomic mass is 10.1. The van der Waals surface area contributed by atoms with Crippen LogP contribution in [0.25, 0.3) is 0 Å². The van der Waals surface area contributed by atoms with E-state index < -0.39 is 10.0 Å². The van der Waals surface area contributed by atoms with Crippen molar-refractivity contribution in [2.45, 2.75) is 20.0 Å². The van der Waals surface area contributed by atoms with Crippen LogP contribution in [0.1, 0.15) is 18.1 Å². The van der Waals surface area contributed by atoms with E-state index in [1.807, 2.05) is 6.07 Å². The van der Waals surface area contributed by atoms with Crippen LogP contribution in [-0.4, -0.2) is 71.5 Å². The zero-order chi connectivity index (χ0) is 19.5. The average molecular weight is 398 g/mol. The molecule has 1 aromatic carbocycles. The van der Waals surface area contributed by atoms with E-state index in [4.69, 9.17) is 4.74 Å². The quantitative estimate of drug-likeness (QED) is 0.311. The Bertz CT molecular complexity index is 703. The first kappa shape index (κ1) is 21.6. The molecule has 0 amide bonds. The van der Waals surface area contributed by atoms with Gasteiger partial charge in [-0.3, -0.25) is 9.89 Å². The second-order valence-electron chi connectivity index (χ2n) is 6.31. The summed E-state index contributed by atoms with van der Waals surface area (Å²) < 4.78 is 30.8. The van der Waals surface area contributed by atoms with E-state index in [0.717, 1.165) is 32.8 Å². The molecule has 3 N–H and O–H groups in total. The van der Waals surface area contributed by atoms with Crippen LogP contribution in [0.5, 0.6) is 0 Å². The zero-order valence-corrected chi connectivity index (χ0v) is 17.0. The lowest BCUT2D eigenvalue weighted by Crippen LogP contribution is -2.41. The number of benzene rings is 1. The molecule has 1 saturated heterocycles. The van der Waals surface area contributed by atoms with Crippen LogP contribution in [0.4, 0.5) is 0 Å². The van der Waals surface area contributed by atoms with Crippen LogP contribution >= 0.6 is 0 Å². The minimum absolute atomic E-state index is 0.0832. The van der Waals surface area contributed by atoms with Crippen LogP contribution in [0.3, 0.4) is 0 Å². The van der Waals surface area contributed by atoms with Crippen molar-refractivity contribution in [1.29, 1.82) is 0 Å². The SMILES string of the molecule is CCS(=O)(=O)NCCNC(=NC)NCc1ccccc1CN1CCOCC1. The number of morpholine rings is 1. The first-order valence-corrected chi connectivity index (χ1v) is 11.0. The fourth-order valence-electron chi connectivity index (χ4n) is 2.77. The Morgan fingerprint density at radius 1 is 1.15 bits per heavy atom. The molecule has 1 aliphatic heterocycles. The standard InChI is InChI=1S/C18H31N5O3S/c1-3-27(24,25)22-9-8-20-18(19-2)21-14-16-6-4-5-7-17(16)15-23-10-12-26-13-11-23/h4-7,22H,3,8-15H2,1-2H3,(H2,19,20,21). The monoisotopic (exact) mass is 397 g/mol. The predicted molar refractivity (Wildman–Crippen MR) is 108 cm³/mol. The van der Waals surface area contributed by atoms with Gasteiger partial charge in [0.05, 0.1) is 19.0 Å². The molecular formula is C18H31N5O3S. The number of guanidine groups is 1. The lowest BCUT2D eigenvalue weighted by Gasteiger charge is -2.27. The summed E-state index contributed by atoms with van der Waals surface area (Å²) in [5.41, 5.74) is 2.51. The summed E-state index contributed by atoms with van der Waals surface area (Å²) in [6, 6.07) is 8.37. The van der Waals surface area contributed by atoms with Gasteiger partial charge in [-0.1, -0.05) is 24.3 Å². The summed E-state index contributed by atoms with van der Waals surface area (Å²) in [5, 5.41) is 6.42. The number of ether oxygens (including phenoxy) is 1. The van der Waals surface area contributed by atoms with E-state index in [1.54, 1.807) is 14.0 Å². The van der Waals surface area contributed by atoms with Crippen molar-refractivity contribution in [3.63, 3.8) is 0 Å². The second-order valence-corrected chi connectivity index (χ2v) is 8.40. The smallest absolute Gasteiger partial charge is 0.211 e. The van der Waals surface area contributed by atoms with E-state index in [2.05, 4.69) is 43.4 Å². The maximum absolute atomic E-state index is 11.4. The van der Waals surface area contributed by atoms with Gasteiger partial charge in [0.25, 0.3) is 0 Å². The molecule has 2 rings (SSSR count). The van der Waals surface area contributed by atoms with Gasteiger partial charge < -0.3 is 15.4 Å². The molecule has 8 nitrogen and oxygen atoms in total. The summed E-state index contributed by atoms with van der Waals surface area (Å²) in [6.07, 6.45) is 0. The molecule has 27 heavy (non-hydrogen) atoms. The molecule has 9 heteroatoms. The largest absolute Gasteiger partial charge is 0.379 e. The molecule has 0 radical (unpaired) electrons. The molecule has 1 fully saturated rings. The van der Waals surface area contributed by atoms with Gasteiger partial charge in [0.15, 0.2) is 5.96 Å². The van der Waals surface area contributed by atoms with Crippen LogP contribution in [0, 0.1) is 0 Å². The van der Waals surface area contributed by atoms with Crippen molar-refractivity contribution in [3.8, 4) is 0 Å². The van der Waals surface area contributed by atoms with Gasteiger partial charge in [-0.2, -0.15) is 0 Å². The summed E-state index contributed by atoms with van der Waals surface area (Å²) in [6.45, 7) is 7.46. The molecule has 0 atom stereocenters. The molecule has 0 unspecified atom stereocenters. The van der Waals surface area contributed by atoms with E-state index in [9.17, 15) is 8.42 Å². The highest BCUT2D eigenvalue weighted by Crippen LogP contribution is 2.12. The van der Waals surface area contributed by atoms with Gasteiger partial charge in [0, 0.05) is 46.3 Å². The Labute approximate surface area is 162 Å². The molecule has 1 aromatic rings. The second kappa shape index (κ2) is 11.2. The van der Waals surface area contributed by atoms with Crippen molar-refractivity contribution in [1.82, 2.24) is 20.3 Å².